The molecule has 1 aliphatic carbocycles. The van der Waals surface area contributed by atoms with Gasteiger partial charge >= 0.3 is 0 Å². The zero-order valence-electron chi connectivity index (χ0n) is 10.9. The Morgan fingerprint density at radius 3 is 2.50 bits per heavy atom. The van der Waals surface area contributed by atoms with Crippen LogP contribution in [0.4, 0.5) is 0 Å². The Bertz CT molecular complexity index is 230. The predicted octanol–water partition coefficient (Wildman–Crippen LogP) is 2.06. The highest BCUT2D eigenvalue weighted by Gasteiger charge is 2.32. The van der Waals surface area contributed by atoms with Crippen molar-refractivity contribution < 1.29 is 4.79 Å². The topological polar surface area (TPSA) is 55.1 Å². The quantitative estimate of drug-likeness (QED) is 0.754. The zero-order chi connectivity index (χ0) is 12.2. The summed E-state index contributed by atoms with van der Waals surface area (Å²) in [6, 6.07) is 0.299. The van der Waals surface area contributed by atoms with E-state index in [4.69, 9.17) is 5.73 Å². The van der Waals surface area contributed by atoms with Crippen LogP contribution in [0.15, 0.2) is 0 Å². The summed E-state index contributed by atoms with van der Waals surface area (Å²) in [6.45, 7) is 6.52. The molecule has 3 heteroatoms. The molecule has 1 rings (SSSR count). The second-order valence-corrected chi connectivity index (χ2v) is 5.43. The lowest BCUT2D eigenvalue weighted by Gasteiger charge is -2.29. The Balaban J connectivity index is 2.49. The number of carbonyl (C=O) groups excluding carboxylic acids is 1. The molecule has 3 N–H and O–H groups in total. The first-order valence-electron chi connectivity index (χ1n) is 6.54. The Labute approximate surface area is 99.2 Å². The maximum atomic E-state index is 12.1. The third kappa shape index (κ3) is 2.97. The van der Waals surface area contributed by atoms with Gasteiger partial charge < -0.3 is 11.1 Å². The van der Waals surface area contributed by atoms with Gasteiger partial charge in [0.1, 0.15) is 0 Å². The Morgan fingerprint density at radius 1 is 1.50 bits per heavy atom. The summed E-state index contributed by atoms with van der Waals surface area (Å²) < 4.78 is 0. The van der Waals surface area contributed by atoms with Gasteiger partial charge in [0.05, 0.1) is 5.41 Å². The van der Waals surface area contributed by atoms with Crippen LogP contribution in [0.3, 0.4) is 0 Å². The summed E-state index contributed by atoms with van der Waals surface area (Å²) in [4.78, 5) is 12.1. The molecule has 2 atom stereocenters. The van der Waals surface area contributed by atoms with E-state index in [1.54, 1.807) is 0 Å². The van der Waals surface area contributed by atoms with Gasteiger partial charge in [-0.15, -0.1) is 0 Å². The van der Waals surface area contributed by atoms with Crippen molar-refractivity contribution in [3.63, 3.8) is 0 Å². The van der Waals surface area contributed by atoms with Crippen LogP contribution < -0.4 is 11.1 Å². The lowest BCUT2D eigenvalue weighted by atomic mass is 9.86. The van der Waals surface area contributed by atoms with E-state index in [0.29, 0.717) is 18.5 Å². The SMILES string of the molecule is CCC(C)(CN)C(=O)NC(C)C1CCCC1. The van der Waals surface area contributed by atoms with Crippen LogP contribution in [0.5, 0.6) is 0 Å². The number of amides is 1. The van der Waals surface area contributed by atoms with Crippen LogP contribution in [-0.2, 0) is 4.79 Å². The van der Waals surface area contributed by atoms with Crippen LogP contribution in [0, 0.1) is 11.3 Å². The van der Waals surface area contributed by atoms with E-state index < -0.39 is 5.41 Å². The van der Waals surface area contributed by atoms with Gasteiger partial charge in [0.2, 0.25) is 5.91 Å². The lowest BCUT2D eigenvalue weighted by Crippen LogP contribution is -2.48. The molecular formula is C13H26N2O. The van der Waals surface area contributed by atoms with Crippen molar-refractivity contribution in [2.75, 3.05) is 6.54 Å². The molecule has 0 bridgehead atoms. The summed E-state index contributed by atoms with van der Waals surface area (Å²) in [7, 11) is 0. The molecule has 0 radical (unpaired) electrons. The van der Waals surface area contributed by atoms with Crippen molar-refractivity contribution in [2.45, 2.75) is 58.9 Å². The van der Waals surface area contributed by atoms with Gasteiger partial charge in [-0.3, -0.25) is 4.79 Å². The van der Waals surface area contributed by atoms with Crippen molar-refractivity contribution in [2.24, 2.45) is 17.1 Å². The number of nitrogens with two attached hydrogens (primary N) is 1. The van der Waals surface area contributed by atoms with Gasteiger partial charge in [0, 0.05) is 12.6 Å². The van der Waals surface area contributed by atoms with E-state index in [9.17, 15) is 4.79 Å². The molecular weight excluding hydrogens is 200 g/mol. The van der Waals surface area contributed by atoms with E-state index in [1.165, 1.54) is 25.7 Å². The fraction of sp³-hybridized carbons (Fsp3) is 0.923. The van der Waals surface area contributed by atoms with Crippen LogP contribution in [0.2, 0.25) is 0 Å². The summed E-state index contributed by atoms with van der Waals surface area (Å²) in [5, 5.41) is 3.15. The van der Waals surface area contributed by atoms with Crippen LogP contribution in [0.1, 0.15) is 52.9 Å². The van der Waals surface area contributed by atoms with Gasteiger partial charge in [-0.2, -0.15) is 0 Å². The van der Waals surface area contributed by atoms with Crippen molar-refractivity contribution >= 4 is 5.91 Å². The summed E-state index contributed by atoms with van der Waals surface area (Å²) in [6.07, 6.45) is 5.94. The minimum absolute atomic E-state index is 0.122. The minimum Gasteiger partial charge on any atom is -0.353 e. The van der Waals surface area contributed by atoms with Gasteiger partial charge in [0.15, 0.2) is 0 Å². The van der Waals surface area contributed by atoms with E-state index in [2.05, 4.69) is 12.2 Å². The maximum absolute atomic E-state index is 12.1. The molecule has 2 unspecified atom stereocenters. The average molecular weight is 226 g/mol. The van der Waals surface area contributed by atoms with Gasteiger partial charge in [0.25, 0.3) is 0 Å². The normalized spacial score (nSPS) is 22.8. The average Bonchev–Trinajstić information content (AvgIpc) is 2.81. The van der Waals surface area contributed by atoms with Gasteiger partial charge in [-0.1, -0.05) is 19.8 Å². The number of nitrogens with one attached hydrogen (secondary N) is 1. The number of rotatable bonds is 5. The van der Waals surface area contributed by atoms with E-state index >= 15 is 0 Å². The van der Waals surface area contributed by atoms with Crippen LogP contribution >= 0.6 is 0 Å². The van der Waals surface area contributed by atoms with Crippen molar-refractivity contribution in [1.82, 2.24) is 5.32 Å². The number of carbonyl (C=O) groups is 1. The third-order valence-electron chi connectivity index (χ3n) is 4.24. The van der Waals surface area contributed by atoms with Crippen molar-refractivity contribution in [3.05, 3.63) is 0 Å². The van der Waals surface area contributed by atoms with Gasteiger partial charge in [-0.25, -0.2) is 0 Å². The molecule has 1 saturated carbocycles. The van der Waals surface area contributed by atoms with Crippen molar-refractivity contribution in [1.29, 1.82) is 0 Å². The maximum Gasteiger partial charge on any atom is 0.227 e. The van der Waals surface area contributed by atoms with E-state index in [-0.39, 0.29) is 5.91 Å². The summed E-state index contributed by atoms with van der Waals surface area (Å²) in [5.41, 5.74) is 5.29. The number of hydrogen-bond acceptors (Lipinski definition) is 2. The Morgan fingerprint density at radius 2 is 2.06 bits per heavy atom. The van der Waals surface area contributed by atoms with Crippen LogP contribution in [0.25, 0.3) is 0 Å². The summed E-state index contributed by atoms with van der Waals surface area (Å²) in [5.74, 6) is 0.791. The molecule has 1 aliphatic rings. The molecule has 0 aromatic heterocycles. The first-order valence-corrected chi connectivity index (χ1v) is 6.54. The molecule has 1 amide bonds. The standard InChI is InChI=1S/C13H26N2O/c1-4-13(3,9-14)12(16)15-10(2)11-7-5-6-8-11/h10-11H,4-9,14H2,1-3H3,(H,15,16). The third-order valence-corrected chi connectivity index (χ3v) is 4.24. The van der Waals surface area contributed by atoms with Gasteiger partial charge in [-0.05, 0) is 39.0 Å². The summed E-state index contributed by atoms with van der Waals surface area (Å²) >= 11 is 0. The van der Waals surface area contributed by atoms with E-state index in [1.807, 2.05) is 13.8 Å². The largest absolute Gasteiger partial charge is 0.353 e. The number of hydrogen-bond donors (Lipinski definition) is 2. The highest BCUT2D eigenvalue weighted by atomic mass is 16.2. The molecule has 0 heterocycles. The first kappa shape index (κ1) is 13.5. The highest BCUT2D eigenvalue weighted by Crippen LogP contribution is 2.28. The Kier molecular flexibility index (Phi) is 4.78. The Hall–Kier alpha value is -0.570. The van der Waals surface area contributed by atoms with Crippen LogP contribution in [-0.4, -0.2) is 18.5 Å². The molecule has 0 aromatic rings. The molecule has 1 fully saturated rings. The second-order valence-electron chi connectivity index (χ2n) is 5.43. The highest BCUT2D eigenvalue weighted by molar-refractivity contribution is 5.82. The zero-order valence-corrected chi connectivity index (χ0v) is 10.9. The minimum atomic E-state index is -0.396. The second kappa shape index (κ2) is 5.67. The molecule has 0 saturated heterocycles. The fourth-order valence-corrected chi connectivity index (χ4v) is 2.35. The van der Waals surface area contributed by atoms with E-state index in [0.717, 1.165) is 6.42 Å². The molecule has 16 heavy (non-hydrogen) atoms. The molecule has 0 aromatic carbocycles. The smallest absolute Gasteiger partial charge is 0.227 e. The lowest BCUT2D eigenvalue weighted by molar-refractivity contribution is -0.130. The monoisotopic (exact) mass is 226 g/mol. The first-order chi connectivity index (χ1) is 7.53. The molecule has 0 spiro atoms. The molecule has 94 valence electrons. The predicted molar refractivity (Wildman–Crippen MR) is 67.0 cm³/mol. The van der Waals surface area contributed by atoms with Crippen molar-refractivity contribution in [3.8, 4) is 0 Å². The fourth-order valence-electron chi connectivity index (χ4n) is 2.35. The molecule has 3 nitrogen and oxygen atoms in total. The molecule has 0 aliphatic heterocycles.